The van der Waals surface area contributed by atoms with Crippen molar-refractivity contribution in [3.05, 3.63) is 22.4 Å². The zero-order valence-electron chi connectivity index (χ0n) is 12.2. The molecule has 1 rings (SSSR count). The normalized spacial score (nSPS) is 10.2. The fourth-order valence-corrected chi connectivity index (χ4v) is 2.54. The summed E-state index contributed by atoms with van der Waals surface area (Å²) in [6, 6.07) is 2.17. The van der Waals surface area contributed by atoms with E-state index in [0.29, 0.717) is 23.7 Å². The maximum absolute atomic E-state index is 11.6. The van der Waals surface area contributed by atoms with Gasteiger partial charge in [0, 0.05) is 19.3 Å². The number of amides is 1. The van der Waals surface area contributed by atoms with Crippen LogP contribution in [0.5, 0.6) is 0 Å². The van der Waals surface area contributed by atoms with E-state index in [9.17, 15) is 10.1 Å². The number of ether oxygens (including phenoxy) is 1. The number of nitrogens with one attached hydrogen (secondary N) is 1. The van der Waals surface area contributed by atoms with Crippen LogP contribution in [0.15, 0.2) is 5.03 Å². The Bertz CT molecular complexity index is 538. The highest BCUT2D eigenvalue weighted by Gasteiger charge is 2.14. The second kappa shape index (κ2) is 7.88. The molecule has 0 fully saturated rings. The third-order valence-electron chi connectivity index (χ3n) is 3.04. The molecule has 0 unspecified atom stereocenters. The lowest BCUT2D eigenvalue weighted by molar-refractivity contribution is -0.118. The molecule has 0 bridgehead atoms. The predicted octanol–water partition coefficient (Wildman–Crippen LogP) is 1.73. The van der Waals surface area contributed by atoms with Crippen LogP contribution in [-0.2, 0) is 9.53 Å². The van der Waals surface area contributed by atoms with Crippen molar-refractivity contribution >= 4 is 17.7 Å². The molecule has 108 valence electrons. The first kappa shape index (κ1) is 16.5. The van der Waals surface area contributed by atoms with Crippen LogP contribution in [0.2, 0.25) is 0 Å². The summed E-state index contributed by atoms with van der Waals surface area (Å²) in [4.78, 5) is 16.0. The first-order chi connectivity index (χ1) is 9.51. The lowest BCUT2D eigenvalue weighted by Crippen LogP contribution is -2.28. The van der Waals surface area contributed by atoms with Gasteiger partial charge in [-0.3, -0.25) is 4.79 Å². The van der Waals surface area contributed by atoms with Crippen molar-refractivity contribution in [1.29, 1.82) is 5.26 Å². The number of rotatable bonds is 6. The van der Waals surface area contributed by atoms with Gasteiger partial charge in [0.2, 0.25) is 5.91 Å². The molecule has 0 aliphatic rings. The van der Waals surface area contributed by atoms with Crippen LogP contribution in [0.25, 0.3) is 0 Å². The number of hydrogen-bond acceptors (Lipinski definition) is 5. The maximum atomic E-state index is 11.6. The van der Waals surface area contributed by atoms with Gasteiger partial charge in [0.25, 0.3) is 0 Å². The van der Waals surface area contributed by atoms with Crippen LogP contribution >= 0.6 is 11.8 Å². The zero-order chi connectivity index (χ0) is 15.1. The summed E-state index contributed by atoms with van der Waals surface area (Å²) in [5.74, 6) is 0.154. The molecule has 1 amide bonds. The van der Waals surface area contributed by atoms with Crippen molar-refractivity contribution in [3.8, 4) is 6.07 Å². The molecule has 1 N–H and O–H groups in total. The minimum Gasteiger partial charge on any atom is -0.383 e. The Morgan fingerprint density at radius 2 is 2.10 bits per heavy atom. The van der Waals surface area contributed by atoms with Gasteiger partial charge in [0.15, 0.2) is 0 Å². The fourth-order valence-electron chi connectivity index (χ4n) is 1.62. The summed E-state index contributed by atoms with van der Waals surface area (Å²) < 4.78 is 4.86. The minimum absolute atomic E-state index is 0.0892. The van der Waals surface area contributed by atoms with Crippen molar-refractivity contribution in [2.45, 2.75) is 25.8 Å². The average molecular weight is 293 g/mol. The zero-order valence-corrected chi connectivity index (χ0v) is 13.1. The molecule has 1 aromatic heterocycles. The molecule has 0 saturated carbocycles. The van der Waals surface area contributed by atoms with Crippen molar-refractivity contribution in [1.82, 2.24) is 10.3 Å². The van der Waals surface area contributed by atoms with Gasteiger partial charge >= 0.3 is 0 Å². The van der Waals surface area contributed by atoms with Crippen LogP contribution in [0.4, 0.5) is 0 Å². The monoisotopic (exact) mass is 293 g/mol. The standard InChI is InChI=1S/C14H19N3O2S/c1-9-10(2)12(7-15)14(17-11(9)3)20-8-13(18)16-5-6-19-4/h5-6,8H2,1-4H3,(H,16,18). The van der Waals surface area contributed by atoms with Crippen molar-refractivity contribution < 1.29 is 9.53 Å². The Labute approximate surface area is 123 Å². The smallest absolute Gasteiger partial charge is 0.230 e. The topological polar surface area (TPSA) is 75.0 Å². The predicted molar refractivity (Wildman–Crippen MR) is 78.8 cm³/mol. The van der Waals surface area contributed by atoms with Gasteiger partial charge in [-0.15, -0.1) is 0 Å². The summed E-state index contributed by atoms with van der Waals surface area (Å²) in [7, 11) is 1.59. The number of pyridine rings is 1. The Balaban J connectivity index is 2.74. The van der Waals surface area contributed by atoms with Gasteiger partial charge in [-0.2, -0.15) is 5.26 Å². The van der Waals surface area contributed by atoms with Crippen molar-refractivity contribution in [3.63, 3.8) is 0 Å². The molecule has 0 saturated heterocycles. The maximum Gasteiger partial charge on any atom is 0.230 e. The van der Waals surface area contributed by atoms with E-state index in [4.69, 9.17) is 4.74 Å². The first-order valence-corrected chi connectivity index (χ1v) is 7.26. The lowest BCUT2D eigenvalue weighted by Gasteiger charge is -2.11. The van der Waals surface area contributed by atoms with E-state index in [-0.39, 0.29) is 11.7 Å². The average Bonchev–Trinajstić information content (AvgIpc) is 2.43. The Kier molecular flexibility index (Phi) is 6.49. The highest BCUT2D eigenvalue weighted by atomic mass is 32.2. The van der Waals surface area contributed by atoms with E-state index < -0.39 is 0 Å². The van der Waals surface area contributed by atoms with Gasteiger partial charge in [-0.05, 0) is 31.9 Å². The Hall–Kier alpha value is -1.58. The molecule has 0 aliphatic heterocycles. The van der Waals surface area contributed by atoms with E-state index in [0.717, 1.165) is 16.8 Å². The second-order valence-electron chi connectivity index (χ2n) is 4.37. The van der Waals surface area contributed by atoms with E-state index in [2.05, 4.69) is 16.4 Å². The number of nitrogens with zero attached hydrogens (tertiary/aromatic N) is 2. The number of aromatic nitrogens is 1. The Morgan fingerprint density at radius 1 is 1.40 bits per heavy atom. The molecule has 1 aromatic rings. The molecular formula is C14H19N3O2S. The van der Waals surface area contributed by atoms with E-state index in [1.165, 1.54) is 11.8 Å². The van der Waals surface area contributed by atoms with Crippen LogP contribution in [0.3, 0.4) is 0 Å². The number of nitriles is 1. The van der Waals surface area contributed by atoms with Crippen LogP contribution in [-0.4, -0.2) is 36.9 Å². The van der Waals surface area contributed by atoms with Gasteiger partial charge < -0.3 is 10.1 Å². The fraction of sp³-hybridized carbons (Fsp3) is 0.500. The summed E-state index contributed by atoms with van der Waals surface area (Å²) in [5, 5.41) is 12.6. The molecule has 5 nitrogen and oxygen atoms in total. The van der Waals surface area contributed by atoms with Gasteiger partial charge in [0.1, 0.15) is 11.1 Å². The van der Waals surface area contributed by atoms with Crippen LogP contribution in [0.1, 0.15) is 22.4 Å². The number of carbonyl (C=O) groups is 1. The minimum atomic E-state index is -0.0892. The SMILES string of the molecule is COCCNC(=O)CSc1nc(C)c(C)c(C)c1C#N. The highest BCUT2D eigenvalue weighted by molar-refractivity contribution is 8.00. The number of aryl methyl sites for hydroxylation is 1. The number of hydrogen-bond donors (Lipinski definition) is 1. The summed E-state index contributed by atoms with van der Waals surface area (Å²) in [6.45, 7) is 6.74. The molecule has 0 aromatic carbocycles. The quantitative estimate of drug-likeness (QED) is 0.638. The number of carbonyl (C=O) groups excluding carboxylic acids is 1. The molecule has 20 heavy (non-hydrogen) atoms. The molecule has 0 aliphatic carbocycles. The highest BCUT2D eigenvalue weighted by Crippen LogP contribution is 2.26. The van der Waals surface area contributed by atoms with E-state index in [1.54, 1.807) is 7.11 Å². The summed E-state index contributed by atoms with van der Waals surface area (Å²) in [5.41, 5.74) is 3.41. The van der Waals surface area contributed by atoms with Gasteiger partial charge in [0.05, 0.1) is 17.9 Å². The van der Waals surface area contributed by atoms with E-state index >= 15 is 0 Å². The molecule has 0 spiro atoms. The largest absolute Gasteiger partial charge is 0.383 e. The van der Waals surface area contributed by atoms with Gasteiger partial charge in [-0.1, -0.05) is 11.8 Å². The van der Waals surface area contributed by atoms with Crippen molar-refractivity contribution in [2.24, 2.45) is 0 Å². The summed E-state index contributed by atoms with van der Waals surface area (Å²) >= 11 is 1.29. The molecule has 0 atom stereocenters. The third-order valence-corrected chi connectivity index (χ3v) is 4.02. The van der Waals surface area contributed by atoms with Crippen LogP contribution in [0, 0.1) is 32.1 Å². The Morgan fingerprint density at radius 3 is 2.70 bits per heavy atom. The summed E-state index contributed by atoms with van der Waals surface area (Å²) in [6.07, 6.45) is 0. The second-order valence-corrected chi connectivity index (χ2v) is 5.33. The van der Waals surface area contributed by atoms with Crippen LogP contribution < -0.4 is 5.32 Å². The van der Waals surface area contributed by atoms with Crippen molar-refractivity contribution in [2.75, 3.05) is 26.0 Å². The molecular weight excluding hydrogens is 274 g/mol. The molecule has 0 radical (unpaired) electrons. The molecule has 6 heteroatoms. The third kappa shape index (κ3) is 4.22. The number of thioether (sulfide) groups is 1. The van der Waals surface area contributed by atoms with E-state index in [1.807, 2.05) is 20.8 Å². The van der Waals surface area contributed by atoms with Gasteiger partial charge in [-0.25, -0.2) is 4.98 Å². The first-order valence-electron chi connectivity index (χ1n) is 6.27. The number of methoxy groups -OCH3 is 1. The molecule has 1 heterocycles. The lowest BCUT2D eigenvalue weighted by atomic mass is 10.1.